The van der Waals surface area contributed by atoms with Crippen LogP contribution in [0.25, 0.3) is 0 Å². The highest BCUT2D eigenvalue weighted by molar-refractivity contribution is 7.89. The number of hydrogen-bond acceptors (Lipinski definition) is 5. The lowest BCUT2D eigenvalue weighted by atomic mass is 9.93. The van der Waals surface area contributed by atoms with Crippen molar-refractivity contribution in [2.24, 2.45) is 5.92 Å². The third kappa shape index (κ3) is 4.43. The molecule has 1 atom stereocenters. The summed E-state index contributed by atoms with van der Waals surface area (Å²) in [6.07, 6.45) is 2.26. The van der Waals surface area contributed by atoms with Crippen LogP contribution in [0.15, 0.2) is 47.4 Å². The van der Waals surface area contributed by atoms with Crippen molar-refractivity contribution in [2.45, 2.75) is 43.7 Å². The Kier molecular flexibility index (Phi) is 5.56. The standard InChI is InChI=1S/C21H26N4O3S/c1-15-5-4-6-17(22-15)9-10-20(26)25-13-11-16(12-14-25)21-23-18-7-2-3-8-19(18)29(27,28)24-21/h2-8,16,21,23-24H,9-14H2,1H3. The number of para-hydroxylation sites is 1. The van der Waals surface area contributed by atoms with Gasteiger partial charge in [-0.15, -0.1) is 0 Å². The van der Waals surface area contributed by atoms with Gasteiger partial charge in [0.15, 0.2) is 0 Å². The number of piperidine rings is 1. The molecule has 0 radical (unpaired) electrons. The predicted molar refractivity (Wildman–Crippen MR) is 111 cm³/mol. The van der Waals surface area contributed by atoms with E-state index in [9.17, 15) is 13.2 Å². The van der Waals surface area contributed by atoms with Gasteiger partial charge in [0.25, 0.3) is 0 Å². The van der Waals surface area contributed by atoms with Crippen molar-refractivity contribution >= 4 is 21.6 Å². The number of anilines is 1. The number of aromatic nitrogens is 1. The minimum absolute atomic E-state index is 0.134. The van der Waals surface area contributed by atoms with Crippen LogP contribution in [-0.4, -0.2) is 43.5 Å². The van der Waals surface area contributed by atoms with Gasteiger partial charge in [0.1, 0.15) is 4.90 Å². The maximum Gasteiger partial charge on any atom is 0.244 e. The average Bonchev–Trinajstić information content (AvgIpc) is 2.72. The van der Waals surface area contributed by atoms with Crippen LogP contribution in [0.5, 0.6) is 0 Å². The maximum absolute atomic E-state index is 12.6. The Balaban J connectivity index is 1.32. The van der Waals surface area contributed by atoms with Gasteiger partial charge in [-0.3, -0.25) is 9.78 Å². The number of nitrogens with one attached hydrogen (secondary N) is 2. The molecule has 1 aromatic heterocycles. The van der Waals surface area contributed by atoms with Crippen molar-refractivity contribution in [1.29, 1.82) is 0 Å². The molecule has 2 aromatic rings. The Morgan fingerprint density at radius 3 is 2.66 bits per heavy atom. The zero-order valence-electron chi connectivity index (χ0n) is 16.5. The smallest absolute Gasteiger partial charge is 0.244 e. The van der Waals surface area contributed by atoms with Crippen LogP contribution in [-0.2, 0) is 21.2 Å². The number of rotatable bonds is 4. The van der Waals surface area contributed by atoms with Crippen molar-refractivity contribution in [3.05, 3.63) is 53.9 Å². The monoisotopic (exact) mass is 414 g/mol. The second-order valence-corrected chi connectivity index (χ2v) is 9.41. The Labute approximate surface area is 171 Å². The SMILES string of the molecule is Cc1cccc(CCC(=O)N2CCC(C3Nc4ccccc4S(=O)(=O)N3)CC2)n1. The second-order valence-electron chi connectivity index (χ2n) is 7.73. The predicted octanol–water partition coefficient (Wildman–Crippen LogP) is 2.29. The molecule has 2 aliphatic heterocycles. The molecule has 0 bridgehead atoms. The lowest BCUT2D eigenvalue weighted by molar-refractivity contribution is -0.132. The summed E-state index contributed by atoms with van der Waals surface area (Å²) in [5.41, 5.74) is 2.54. The number of amides is 1. The van der Waals surface area contributed by atoms with Gasteiger partial charge in [-0.1, -0.05) is 18.2 Å². The summed E-state index contributed by atoms with van der Waals surface area (Å²) in [6, 6.07) is 12.8. The molecule has 1 aromatic carbocycles. The number of carbonyl (C=O) groups excluding carboxylic acids is 1. The molecular formula is C21H26N4O3S. The fourth-order valence-corrected chi connectivity index (χ4v) is 5.46. The third-order valence-corrected chi connectivity index (χ3v) is 7.17. The minimum Gasteiger partial charge on any atom is -0.368 e. The molecule has 4 rings (SSSR count). The van der Waals surface area contributed by atoms with Crippen LogP contribution in [0, 0.1) is 12.8 Å². The van der Waals surface area contributed by atoms with E-state index in [1.807, 2.05) is 36.1 Å². The van der Waals surface area contributed by atoms with E-state index in [1.165, 1.54) is 0 Å². The van der Waals surface area contributed by atoms with Gasteiger partial charge in [-0.05, 0) is 56.4 Å². The van der Waals surface area contributed by atoms with Gasteiger partial charge < -0.3 is 10.2 Å². The van der Waals surface area contributed by atoms with Crippen LogP contribution in [0.2, 0.25) is 0 Å². The minimum atomic E-state index is -3.51. The summed E-state index contributed by atoms with van der Waals surface area (Å²) in [4.78, 5) is 19.2. The van der Waals surface area contributed by atoms with Crippen molar-refractivity contribution in [3.63, 3.8) is 0 Å². The van der Waals surface area contributed by atoms with E-state index in [2.05, 4.69) is 15.0 Å². The van der Waals surface area contributed by atoms with Crippen molar-refractivity contribution < 1.29 is 13.2 Å². The highest BCUT2D eigenvalue weighted by Crippen LogP contribution is 2.30. The van der Waals surface area contributed by atoms with Gasteiger partial charge in [0.05, 0.1) is 11.9 Å². The molecule has 0 saturated carbocycles. The maximum atomic E-state index is 12.6. The number of likely N-dealkylation sites (tertiary alicyclic amines) is 1. The molecule has 7 nitrogen and oxygen atoms in total. The quantitative estimate of drug-likeness (QED) is 0.801. The molecule has 0 aliphatic carbocycles. The Bertz CT molecular complexity index is 1000. The van der Waals surface area contributed by atoms with Crippen LogP contribution in [0.3, 0.4) is 0 Å². The van der Waals surface area contributed by atoms with Crippen LogP contribution >= 0.6 is 0 Å². The molecule has 3 heterocycles. The normalized spacial score (nSPS) is 21.3. The highest BCUT2D eigenvalue weighted by atomic mass is 32.2. The van der Waals surface area contributed by atoms with E-state index >= 15 is 0 Å². The van der Waals surface area contributed by atoms with Gasteiger partial charge in [-0.25, -0.2) is 8.42 Å². The van der Waals surface area contributed by atoms with Crippen molar-refractivity contribution in [1.82, 2.24) is 14.6 Å². The van der Waals surface area contributed by atoms with Crippen molar-refractivity contribution in [3.8, 4) is 0 Å². The van der Waals surface area contributed by atoms with E-state index in [-0.39, 0.29) is 22.9 Å². The zero-order chi connectivity index (χ0) is 20.4. The number of pyridine rings is 1. The summed E-state index contributed by atoms with van der Waals surface area (Å²) in [5, 5.41) is 3.32. The molecule has 8 heteroatoms. The van der Waals surface area contributed by atoms with Crippen LogP contribution in [0.1, 0.15) is 30.7 Å². The first-order valence-corrected chi connectivity index (χ1v) is 11.5. The fourth-order valence-electron chi connectivity index (χ4n) is 4.08. The van der Waals surface area contributed by atoms with E-state index in [4.69, 9.17) is 0 Å². The number of hydrogen-bond donors (Lipinski definition) is 2. The first-order valence-electron chi connectivity index (χ1n) is 10.0. The van der Waals surface area contributed by atoms with E-state index < -0.39 is 10.0 Å². The number of nitrogens with zero attached hydrogens (tertiary/aromatic N) is 2. The molecule has 2 N–H and O–H groups in total. The Morgan fingerprint density at radius 2 is 1.90 bits per heavy atom. The highest BCUT2D eigenvalue weighted by Gasteiger charge is 2.35. The molecular weight excluding hydrogens is 388 g/mol. The number of fused-ring (bicyclic) bond motifs is 1. The molecule has 2 aliphatic rings. The van der Waals surface area contributed by atoms with Gasteiger partial charge in [0.2, 0.25) is 15.9 Å². The second kappa shape index (κ2) is 8.12. The van der Waals surface area contributed by atoms with Gasteiger partial charge in [0, 0.05) is 30.9 Å². The lowest BCUT2D eigenvalue weighted by Gasteiger charge is -2.39. The zero-order valence-corrected chi connectivity index (χ0v) is 17.3. The largest absolute Gasteiger partial charge is 0.368 e. The van der Waals surface area contributed by atoms with Gasteiger partial charge >= 0.3 is 0 Å². The first-order chi connectivity index (χ1) is 13.9. The summed E-state index contributed by atoms with van der Waals surface area (Å²) in [6.45, 7) is 3.24. The number of carbonyl (C=O) groups is 1. The average molecular weight is 415 g/mol. The molecule has 1 amide bonds. The van der Waals surface area contributed by atoms with Crippen LogP contribution in [0.4, 0.5) is 5.69 Å². The van der Waals surface area contributed by atoms with E-state index in [0.717, 1.165) is 24.2 Å². The molecule has 1 fully saturated rings. The molecule has 1 unspecified atom stereocenters. The Hall–Kier alpha value is -2.45. The first kappa shape index (κ1) is 19.8. The van der Waals surface area contributed by atoms with Crippen molar-refractivity contribution in [2.75, 3.05) is 18.4 Å². The number of sulfonamides is 1. The Morgan fingerprint density at radius 1 is 1.14 bits per heavy atom. The van der Waals surface area contributed by atoms with Crippen LogP contribution < -0.4 is 10.0 Å². The number of aryl methyl sites for hydroxylation is 2. The summed E-state index contributed by atoms with van der Waals surface area (Å²) >= 11 is 0. The lowest BCUT2D eigenvalue weighted by Crippen LogP contribution is -2.52. The van der Waals surface area contributed by atoms with E-state index in [1.54, 1.807) is 18.2 Å². The topological polar surface area (TPSA) is 91.4 Å². The number of benzene rings is 1. The van der Waals surface area contributed by atoms with E-state index in [0.29, 0.717) is 31.6 Å². The third-order valence-electron chi connectivity index (χ3n) is 5.67. The fraction of sp³-hybridized carbons (Fsp3) is 0.429. The molecule has 0 spiro atoms. The van der Waals surface area contributed by atoms with Gasteiger partial charge in [-0.2, -0.15) is 4.72 Å². The summed E-state index contributed by atoms with van der Waals surface area (Å²) in [5.74, 6) is 0.273. The molecule has 1 saturated heterocycles. The molecule has 154 valence electrons. The molecule has 29 heavy (non-hydrogen) atoms. The summed E-state index contributed by atoms with van der Waals surface area (Å²) in [7, 11) is -3.51. The summed E-state index contributed by atoms with van der Waals surface area (Å²) < 4.78 is 27.8.